The minimum atomic E-state index is -1.18. The second-order valence-corrected chi connectivity index (χ2v) is 8.90. The third kappa shape index (κ3) is 3.52. The Kier molecular flexibility index (Phi) is 5.37. The van der Waals surface area contributed by atoms with Gasteiger partial charge < -0.3 is 9.84 Å². The van der Waals surface area contributed by atoms with Gasteiger partial charge in [0.1, 0.15) is 23.4 Å². The lowest BCUT2D eigenvalue weighted by Gasteiger charge is -2.23. The minimum Gasteiger partial charge on any atom is -0.507 e. The highest BCUT2D eigenvalue weighted by molar-refractivity contribution is 7.22. The maximum absolute atomic E-state index is 15.0. The molecule has 1 aliphatic rings. The predicted octanol–water partition coefficient (Wildman–Crippen LogP) is 5.38. The van der Waals surface area contributed by atoms with Crippen molar-refractivity contribution in [2.45, 2.75) is 13.0 Å². The van der Waals surface area contributed by atoms with Crippen LogP contribution in [0.25, 0.3) is 16.0 Å². The van der Waals surface area contributed by atoms with Gasteiger partial charge in [-0.05, 0) is 55.0 Å². The van der Waals surface area contributed by atoms with Crippen molar-refractivity contribution < 1.29 is 23.8 Å². The first-order chi connectivity index (χ1) is 16.4. The largest absolute Gasteiger partial charge is 0.507 e. The number of thiazole rings is 1. The van der Waals surface area contributed by atoms with E-state index in [2.05, 4.69) is 4.98 Å². The van der Waals surface area contributed by atoms with Crippen molar-refractivity contribution >= 4 is 44.1 Å². The maximum atomic E-state index is 15.0. The summed E-state index contributed by atoms with van der Waals surface area (Å²) >= 11 is 1.23. The SMILES string of the molecule is COc1ccc(C(O)=C2C(=O)C(=O)N(c3nc4ccc(C)cc4s3)C2c2ccccc2F)cc1. The molecule has 1 amide bonds. The summed E-state index contributed by atoms with van der Waals surface area (Å²) in [5.41, 5.74) is 1.88. The van der Waals surface area contributed by atoms with Crippen LogP contribution in [0.1, 0.15) is 22.7 Å². The van der Waals surface area contributed by atoms with Gasteiger partial charge in [-0.3, -0.25) is 14.5 Å². The fourth-order valence-corrected chi connectivity index (χ4v) is 5.14. The molecule has 0 radical (unpaired) electrons. The van der Waals surface area contributed by atoms with Gasteiger partial charge in [0.15, 0.2) is 5.13 Å². The van der Waals surface area contributed by atoms with E-state index in [0.29, 0.717) is 16.8 Å². The monoisotopic (exact) mass is 474 g/mol. The number of carbonyl (C=O) groups is 2. The minimum absolute atomic E-state index is 0.0900. The first-order valence-corrected chi connectivity index (χ1v) is 11.3. The van der Waals surface area contributed by atoms with Crippen LogP contribution in [-0.4, -0.2) is 28.9 Å². The summed E-state index contributed by atoms with van der Waals surface area (Å²) < 4.78 is 21.0. The number of halogens is 1. The van der Waals surface area contributed by atoms with Crippen LogP contribution < -0.4 is 9.64 Å². The summed E-state index contributed by atoms with van der Waals surface area (Å²) in [5, 5.41) is 11.4. The highest BCUT2D eigenvalue weighted by atomic mass is 32.1. The molecule has 170 valence electrons. The molecule has 3 aromatic carbocycles. The maximum Gasteiger partial charge on any atom is 0.301 e. The van der Waals surface area contributed by atoms with E-state index in [1.807, 2.05) is 25.1 Å². The third-order valence-electron chi connectivity index (χ3n) is 5.75. The molecule has 0 saturated carbocycles. The Morgan fingerprint density at radius 2 is 1.82 bits per heavy atom. The van der Waals surface area contributed by atoms with Crippen LogP contribution in [0.2, 0.25) is 0 Å². The molecule has 1 N–H and O–H groups in total. The molecule has 0 aliphatic carbocycles. The van der Waals surface area contributed by atoms with Crippen LogP contribution in [0, 0.1) is 12.7 Å². The molecule has 1 fully saturated rings. The van der Waals surface area contributed by atoms with E-state index in [0.717, 1.165) is 10.3 Å². The number of aliphatic hydroxyl groups excluding tert-OH is 1. The number of fused-ring (bicyclic) bond motifs is 1. The highest BCUT2D eigenvalue weighted by Crippen LogP contribution is 2.45. The summed E-state index contributed by atoms with van der Waals surface area (Å²) in [6, 6.07) is 16.8. The van der Waals surface area contributed by atoms with Gasteiger partial charge in [-0.2, -0.15) is 0 Å². The Bertz CT molecular complexity index is 1480. The molecule has 1 atom stereocenters. The van der Waals surface area contributed by atoms with Crippen molar-refractivity contribution in [3.05, 3.63) is 94.8 Å². The van der Waals surface area contributed by atoms with E-state index in [1.54, 1.807) is 30.3 Å². The number of hydrogen-bond acceptors (Lipinski definition) is 6. The van der Waals surface area contributed by atoms with Crippen molar-refractivity contribution in [1.29, 1.82) is 0 Å². The summed E-state index contributed by atoms with van der Waals surface area (Å²) in [6.45, 7) is 1.94. The summed E-state index contributed by atoms with van der Waals surface area (Å²) in [4.78, 5) is 32.2. The first-order valence-electron chi connectivity index (χ1n) is 10.5. The van der Waals surface area contributed by atoms with Crippen molar-refractivity contribution in [2.24, 2.45) is 0 Å². The zero-order chi connectivity index (χ0) is 24.0. The molecule has 6 nitrogen and oxygen atoms in total. The molecule has 1 aromatic heterocycles. The van der Waals surface area contributed by atoms with E-state index in [1.165, 1.54) is 41.5 Å². The lowest BCUT2D eigenvalue weighted by molar-refractivity contribution is -0.132. The number of rotatable bonds is 4. The number of amides is 1. The van der Waals surface area contributed by atoms with Gasteiger partial charge >= 0.3 is 5.91 Å². The summed E-state index contributed by atoms with van der Waals surface area (Å²) in [5.74, 6) is -2.21. The summed E-state index contributed by atoms with van der Waals surface area (Å²) in [7, 11) is 1.51. The number of ketones is 1. The van der Waals surface area contributed by atoms with Crippen molar-refractivity contribution in [1.82, 2.24) is 4.98 Å². The topological polar surface area (TPSA) is 79.7 Å². The number of carbonyl (C=O) groups excluding carboxylic acids is 2. The Hall–Kier alpha value is -4.04. The number of methoxy groups -OCH3 is 1. The Morgan fingerprint density at radius 3 is 2.53 bits per heavy atom. The lowest BCUT2D eigenvalue weighted by atomic mass is 9.95. The zero-order valence-corrected chi connectivity index (χ0v) is 19.1. The summed E-state index contributed by atoms with van der Waals surface area (Å²) in [6.07, 6.45) is 0. The van der Waals surface area contributed by atoms with Gasteiger partial charge in [0.05, 0.1) is 22.9 Å². The van der Waals surface area contributed by atoms with Gasteiger partial charge in [-0.25, -0.2) is 9.37 Å². The van der Waals surface area contributed by atoms with Gasteiger partial charge in [-0.1, -0.05) is 35.6 Å². The normalized spacial score (nSPS) is 17.5. The predicted molar refractivity (Wildman–Crippen MR) is 129 cm³/mol. The van der Waals surface area contributed by atoms with E-state index in [-0.39, 0.29) is 16.3 Å². The number of Topliss-reactive ketones (excluding diaryl/α,β-unsaturated/α-hetero) is 1. The third-order valence-corrected chi connectivity index (χ3v) is 6.76. The standard InChI is InChI=1S/C26H19FN2O4S/c1-14-7-12-19-20(13-14)34-26(28-19)29-22(17-5-3-4-6-18(17)27)21(24(31)25(29)32)23(30)15-8-10-16(33-2)11-9-15/h3-13,22,30H,1-2H3. The quantitative estimate of drug-likeness (QED) is 0.244. The fraction of sp³-hybridized carbons (Fsp3) is 0.115. The van der Waals surface area contributed by atoms with Crippen LogP contribution in [0.3, 0.4) is 0 Å². The fourth-order valence-electron chi connectivity index (χ4n) is 4.05. The van der Waals surface area contributed by atoms with E-state index >= 15 is 0 Å². The molecule has 0 spiro atoms. The first kappa shape index (κ1) is 21.8. The number of aromatic nitrogens is 1. The Labute approximate surface area is 198 Å². The van der Waals surface area contributed by atoms with Crippen LogP contribution in [0.5, 0.6) is 5.75 Å². The van der Waals surface area contributed by atoms with Gasteiger partial charge in [-0.15, -0.1) is 0 Å². The lowest BCUT2D eigenvalue weighted by Crippen LogP contribution is -2.29. The van der Waals surface area contributed by atoms with Crippen LogP contribution in [0.4, 0.5) is 9.52 Å². The van der Waals surface area contributed by atoms with E-state index in [9.17, 15) is 19.1 Å². The van der Waals surface area contributed by atoms with Crippen LogP contribution >= 0.6 is 11.3 Å². The number of anilines is 1. The number of aliphatic hydroxyl groups is 1. The number of hydrogen-bond donors (Lipinski definition) is 1. The molecule has 34 heavy (non-hydrogen) atoms. The molecular formula is C26H19FN2O4S. The molecule has 2 heterocycles. The second-order valence-electron chi connectivity index (χ2n) is 7.89. The molecule has 5 rings (SSSR count). The van der Waals surface area contributed by atoms with Crippen molar-refractivity contribution in [3.63, 3.8) is 0 Å². The molecular weight excluding hydrogens is 455 g/mol. The molecule has 8 heteroatoms. The number of nitrogens with zero attached hydrogens (tertiary/aromatic N) is 2. The van der Waals surface area contributed by atoms with Gasteiger partial charge in [0.25, 0.3) is 5.78 Å². The average molecular weight is 475 g/mol. The average Bonchev–Trinajstić information content (AvgIpc) is 3.36. The number of ether oxygens (including phenoxy) is 1. The Morgan fingerprint density at radius 1 is 1.09 bits per heavy atom. The van der Waals surface area contributed by atoms with Gasteiger partial charge in [0.2, 0.25) is 0 Å². The van der Waals surface area contributed by atoms with Gasteiger partial charge in [0, 0.05) is 11.1 Å². The van der Waals surface area contributed by atoms with Crippen LogP contribution in [0.15, 0.2) is 72.3 Å². The zero-order valence-electron chi connectivity index (χ0n) is 18.3. The molecule has 1 unspecified atom stereocenters. The van der Waals surface area contributed by atoms with E-state index in [4.69, 9.17) is 4.74 Å². The number of benzene rings is 3. The molecule has 1 aliphatic heterocycles. The Balaban J connectivity index is 1.73. The molecule has 4 aromatic rings. The van der Waals surface area contributed by atoms with Crippen LogP contribution in [-0.2, 0) is 9.59 Å². The van der Waals surface area contributed by atoms with Crippen molar-refractivity contribution in [2.75, 3.05) is 12.0 Å². The molecule has 1 saturated heterocycles. The number of aryl methyl sites for hydroxylation is 1. The molecule has 0 bridgehead atoms. The van der Waals surface area contributed by atoms with Crippen molar-refractivity contribution in [3.8, 4) is 5.75 Å². The van der Waals surface area contributed by atoms with E-state index < -0.39 is 29.3 Å². The highest BCUT2D eigenvalue weighted by Gasteiger charge is 2.49. The second kappa shape index (κ2) is 8.39. The smallest absolute Gasteiger partial charge is 0.301 e.